The van der Waals surface area contributed by atoms with Gasteiger partial charge in [-0.1, -0.05) is 13.3 Å². The first-order chi connectivity index (χ1) is 11.6. The van der Waals surface area contributed by atoms with Crippen molar-refractivity contribution in [3.8, 4) is 0 Å². The van der Waals surface area contributed by atoms with E-state index in [0.29, 0.717) is 18.9 Å². The highest BCUT2D eigenvalue weighted by atomic mass is 16.5. The van der Waals surface area contributed by atoms with Crippen LogP contribution in [0.1, 0.15) is 58.3 Å². The number of rotatable bonds is 4. The third kappa shape index (κ3) is 3.76. The molecule has 24 heavy (non-hydrogen) atoms. The van der Waals surface area contributed by atoms with Crippen LogP contribution in [-0.2, 0) is 14.3 Å². The van der Waals surface area contributed by atoms with Crippen molar-refractivity contribution in [2.45, 2.75) is 64.4 Å². The molecule has 3 aliphatic rings. The number of carboxylic acids is 1. The van der Waals surface area contributed by atoms with E-state index in [1.54, 1.807) is 0 Å². The third-order valence-corrected chi connectivity index (χ3v) is 6.54. The molecule has 2 heterocycles. The maximum atomic E-state index is 12.7. The Labute approximate surface area is 144 Å². The Hall–Kier alpha value is -1.10. The number of likely N-dealkylation sites (tertiary alicyclic amines) is 1. The SMILES string of the molecule is CCC1CCC(C(=O)N2CCC([C@@H]3OCCC3C(=O)O)CC2)CC1. The summed E-state index contributed by atoms with van der Waals surface area (Å²) in [5, 5.41) is 9.32. The van der Waals surface area contributed by atoms with E-state index in [9.17, 15) is 14.7 Å². The molecule has 2 atom stereocenters. The number of carbonyl (C=O) groups excluding carboxylic acids is 1. The molecule has 1 amide bonds. The average molecular weight is 337 g/mol. The van der Waals surface area contributed by atoms with Gasteiger partial charge in [0.1, 0.15) is 0 Å². The molecule has 0 aromatic heterocycles. The van der Waals surface area contributed by atoms with Gasteiger partial charge in [-0.05, 0) is 56.8 Å². The van der Waals surface area contributed by atoms with E-state index >= 15 is 0 Å². The zero-order valence-corrected chi connectivity index (χ0v) is 14.8. The maximum absolute atomic E-state index is 12.7. The van der Waals surface area contributed by atoms with Crippen LogP contribution >= 0.6 is 0 Å². The highest BCUT2D eigenvalue weighted by molar-refractivity contribution is 5.79. The topological polar surface area (TPSA) is 66.8 Å². The number of hydrogen-bond acceptors (Lipinski definition) is 3. The molecule has 0 aromatic rings. The van der Waals surface area contributed by atoms with Crippen LogP contribution in [0.15, 0.2) is 0 Å². The minimum absolute atomic E-state index is 0.153. The van der Waals surface area contributed by atoms with Crippen LogP contribution in [0.5, 0.6) is 0 Å². The lowest BCUT2D eigenvalue weighted by Gasteiger charge is -2.38. The molecular formula is C19H31NO4. The van der Waals surface area contributed by atoms with Crippen molar-refractivity contribution >= 4 is 11.9 Å². The maximum Gasteiger partial charge on any atom is 0.309 e. The van der Waals surface area contributed by atoms with Gasteiger partial charge in [0.05, 0.1) is 12.0 Å². The lowest BCUT2D eigenvalue weighted by molar-refractivity contribution is -0.146. The van der Waals surface area contributed by atoms with Gasteiger partial charge >= 0.3 is 5.97 Å². The predicted octanol–water partition coefficient (Wildman–Crippen LogP) is 2.93. The molecule has 5 nitrogen and oxygen atoms in total. The van der Waals surface area contributed by atoms with Crippen molar-refractivity contribution < 1.29 is 19.4 Å². The van der Waals surface area contributed by atoms with Gasteiger partial charge in [-0.2, -0.15) is 0 Å². The zero-order valence-electron chi connectivity index (χ0n) is 14.8. The summed E-state index contributed by atoms with van der Waals surface area (Å²) in [4.78, 5) is 26.1. The van der Waals surface area contributed by atoms with Crippen molar-refractivity contribution in [3.05, 3.63) is 0 Å². The Kier molecular flexibility index (Phi) is 5.80. The van der Waals surface area contributed by atoms with Gasteiger partial charge in [-0.15, -0.1) is 0 Å². The van der Waals surface area contributed by atoms with Crippen molar-refractivity contribution in [3.63, 3.8) is 0 Å². The number of carbonyl (C=O) groups is 2. The molecule has 2 saturated heterocycles. The van der Waals surface area contributed by atoms with Gasteiger partial charge < -0.3 is 14.7 Å². The fourth-order valence-electron chi connectivity index (χ4n) is 4.86. The second kappa shape index (κ2) is 7.85. The fourth-order valence-corrected chi connectivity index (χ4v) is 4.86. The molecule has 3 rings (SSSR count). The van der Waals surface area contributed by atoms with E-state index in [1.807, 2.05) is 4.90 Å². The first kappa shape index (κ1) is 17.7. The second-order valence-corrected chi connectivity index (χ2v) is 7.86. The Morgan fingerprint density at radius 2 is 1.71 bits per heavy atom. The Bertz CT molecular complexity index is 450. The highest BCUT2D eigenvalue weighted by Crippen LogP contribution is 2.35. The van der Waals surface area contributed by atoms with Crippen LogP contribution in [-0.4, -0.2) is 47.7 Å². The number of carboxylic acid groups (broad SMARTS) is 1. The summed E-state index contributed by atoms with van der Waals surface area (Å²) >= 11 is 0. The fraction of sp³-hybridized carbons (Fsp3) is 0.895. The summed E-state index contributed by atoms with van der Waals surface area (Å²) in [7, 11) is 0. The minimum Gasteiger partial charge on any atom is -0.481 e. The zero-order chi connectivity index (χ0) is 17.1. The summed E-state index contributed by atoms with van der Waals surface area (Å²) in [6.07, 6.45) is 7.94. The molecule has 0 radical (unpaired) electrons. The smallest absolute Gasteiger partial charge is 0.309 e. The minimum atomic E-state index is -0.733. The number of nitrogens with zero attached hydrogens (tertiary/aromatic N) is 1. The molecule has 2 aliphatic heterocycles. The Balaban J connectivity index is 1.48. The normalized spacial score (nSPS) is 35.1. The molecule has 0 aromatic carbocycles. The number of piperidine rings is 1. The van der Waals surface area contributed by atoms with Crippen LogP contribution in [0.2, 0.25) is 0 Å². The first-order valence-corrected chi connectivity index (χ1v) is 9.73. The number of aliphatic carboxylic acids is 1. The average Bonchev–Trinajstić information content (AvgIpc) is 3.11. The molecule has 1 unspecified atom stereocenters. The van der Waals surface area contributed by atoms with Gasteiger partial charge in [-0.3, -0.25) is 9.59 Å². The van der Waals surface area contributed by atoms with E-state index in [0.717, 1.165) is 44.7 Å². The summed E-state index contributed by atoms with van der Waals surface area (Å²) < 4.78 is 5.72. The van der Waals surface area contributed by atoms with Gasteiger partial charge in [0.15, 0.2) is 0 Å². The lowest BCUT2D eigenvalue weighted by Crippen LogP contribution is -2.45. The highest BCUT2D eigenvalue weighted by Gasteiger charge is 2.41. The summed E-state index contributed by atoms with van der Waals surface area (Å²) in [6.45, 7) is 4.33. The van der Waals surface area contributed by atoms with Crippen molar-refractivity contribution in [2.75, 3.05) is 19.7 Å². The summed E-state index contributed by atoms with van der Waals surface area (Å²) in [5.41, 5.74) is 0. The Morgan fingerprint density at radius 3 is 2.29 bits per heavy atom. The van der Waals surface area contributed by atoms with Gasteiger partial charge in [-0.25, -0.2) is 0 Å². The molecular weight excluding hydrogens is 306 g/mol. The quantitative estimate of drug-likeness (QED) is 0.856. The van der Waals surface area contributed by atoms with Crippen molar-refractivity contribution in [2.24, 2.45) is 23.7 Å². The van der Waals surface area contributed by atoms with Crippen molar-refractivity contribution in [1.29, 1.82) is 0 Å². The third-order valence-electron chi connectivity index (χ3n) is 6.54. The van der Waals surface area contributed by atoms with Gasteiger partial charge in [0.25, 0.3) is 0 Å². The van der Waals surface area contributed by atoms with E-state index in [-0.39, 0.29) is 23.9 Å². The monoisotopic (exact) mass is 337 g/mol. The molecule has 136 valence electrons. The molecule has 0 bridgehead atoms. The number of ether oxygens (including phenoxy) is 1. The Morgan fingerprint density at radius 1 is 1.04 bits per heavy atom. The van der Waals surface area contributed by atoms with Crippen LogP contribution in [0.25, 0.3) is 0 Å². The summed E-state index contributed by atoms with van der Waals surface area (Å²) in [5.74, 6) is 0.565. The molecule has 5 heteroatoms. The second-order valence-electron chi connectivity index (χ2n) is 7.86. The standard InChI is InChI=1S/C19H31NO4/c1-2-13-3-5-15(6-4-13)18(21)20-10-7-14(8-11-20)17-16(19(22)23)9-12-24-17/h13-17H,2-12H2,1H3,(H,22,23)/t13?,15?,16?,17-/m0/s1. The van der Waals surface area contributed by atoms with Crippen LogP contribution < -0.4 is 0 Å². The molecule has 1 aliphatic carbocycles. The van der Waals surface area contributed by atoms with Gasteiger partial charge in [0.2, 0.25) is 5.91 Å². The molecule has 1 N–H and O–H groups in total. The molecule has 1 saturated carbocycles. The predicted molar refractivity (Wildman–Crippen MR) is 90.5 cm³/mol. The lowest BCUT2D eigenvalue weighted by atomic mass is 9.79. The van der Waals surface area contributed by atoms with Crippen LogP contribution in [0.4, 0.5) is 0 Å². The number of hydrogen-bond donors (Lipinski definition) is 1. The van der Waals surface area contributed by atoms with E-state index in [2.05, 4.69) is 6.92 Å². The van der Waals surface area contributed by atoms with Gasteiger partial charge in [0, 0.05) is 25.6 Å². The van der Waals surface area contributed by atoms with E-state index in [4.69, 9.17) is 4.74 Å². The van der Waals surface area contributed by atoms with Crippen molar-refractivity contribution in [1.82, 2.24) is 4.90 Å². The number of amides is 1. The van der Waals surface area contributed by atoms with E-state index < -0.39 is 5.97 Å². The largest absolute Gasteiger partial charge is 0.481 e. The molecule has 0 spiro atoms. The van der Waals surface area contributed by atoms with E-state index in [1.165, 1.54) is 19.3 Å². The molecule has 3 fully saturated rings. The first-order valence-electron chi connectivity index (χ1n) is 9.73. The summed E-state index contributed by atoms with van der Waals surface area (Å²) in [6, 6.07) is 0. The van der Waals surface area contributed by atoms with Crippen LogP contribution in [0.3, 0.4) is 0 Å². The van der Waals surface area contributed by atoms with Crippen LogP contribution in [0, 0.1) is 23.7 Å².